The van der Waals surface area contributed by atoms with Gasteiger partial charge >= 0.3 is 0 Å². The Hall–Kier alpha value is -1.45. The second-order valence-electron chi connectivity index (χ2n) is 5.59. The lowest BCUT2D eigenvalue weighted by Gasteiger charge is -2.15. The molecular formula is C17H22N2O. The van der Waals surface area contributed by atoms with Crippen molar-refractivity contribution in [1.29, 1.82) is 0 Å². The van der Waals surface area contributed by atoms with E-state index < -0.39 is 0 Å². The van der Waals surface area contributed by atoms with Gasteiger partial charge in [0.15, 0.2) is 0 Å². The number of benzene rings is 1. The van der Waals surface area contributed by atoms with Crippen molar-refractivity contribution in [2.24, 2.45) is 5.73 Å². The minimum atomic E-state index is 0.0648. The molecule has 3 rings (SSSR count). The molecule has 0 amide bonds. The maximum Gasteiger partial charge on any atom is 0.0749 e. The number of fused-ring (bicyclic) bond motifs is 1. The van der Waals surface area contributed by atoms with E-state index in [1.165, 1.54) is 18.2 Å². The van der Waals surface area contributed by atoms with Gasteiger partial charge in [-0.3, -0.25) is 4.98 Å². The molecule has 2 atom stereocenters. The second-order valence-corrected chi connectivity index (χ2v) is 5.59. The van der Waals surface area contributed by atoms with Crippen molar-refractivity contribution in [2.45, 2.75) is 44.2 Å². The Balaban J connectivity index is 1.64. The predicted molar refractivity (Wildman–Crippen MR) is 81.5 cm³/mol. The van der Waals surface area contributed by atoms with Gasteiger partial charge in [0.1, 0.15) is 0 Å². The SMILES string of the molecule is NC(CCCC1CCCO1)c1cccc2cccnc12. The molecule has 1 fully saturated rings. The minimum absolute atomic E-state index is 0.0648. The van der Waals surface area contributed by atoms with Crippen molar-refractivity contribution in [2.75, 3.05) is 6.61 Å². The molecule has 20 heavy (non-hydrogen) atoms. The summed E-state index contributed by atoms with van der Waals surface area (Å²) in [5.74, 6) is 0. The van der Waals surface area contributed by atoms with Crippen molar-refractivity contribution in [3.8, 4) is 0 Å². The summed E-state index contributed by atoms with van der Waals surface area (Å²) in [5.41, 5.74) is 8.57. The van der Waals surface area contributed by atoms with Gasteiger partial charge < -0.3 is 10.5 Å². The highest BCUT2D eigenvalue weighted by molar-refractivity contribution is 5.81. The van der Waals surface area contributed by atoms with Gasteiger partial charge in [0.25, 0.3) is 0 Å². The van der Waals surface area contributed by atoms with E-state index >= 15 is 0 Å². The first kappa shape index (κ1) is 13.5. The van der Waals surface area contributed by atoms with Crippen LogP contribution in [-0.2, 0) is 4.74 Å². The Morgan fingerprint density at radius 2 is 2.20 bits per heavy atom. The number of hydrogen-bond acceptors (Lipinski definition) is 3. The summed E-state index contributed by atoms with van der Waals surface area (Å²) in [6.45, 7) is 0.934. The molecule has 0 aliphatic carbocycles. The summed E-state index contributed by atoms with van der Waals surface area (Å²) in [7, 11) is 0. The number of ether oxygens (including phenoxy) is 1. The molecule has 2 unspecified atom stereocenters. The Kier molecular flexibility index (Phi) is 4.28. The van der Waals surface area contributed by atoms with E-state index in [1.54, 1.807) is 0 Å². The second kappa shape index (κ2) is 6.33. The highest BCUT2D eigenvalue weighted by Gasteiger charge is 2.16. The first-order chi connectivity index (χ1) is 9.84. The van der Waals surface area contributed by atoms with Crippen molar-refractivity contribution < 1.29 is 4.74 Å². The van der Waals surface area contributed by atoms with Crippen LogP contribution < -0.4 is 5.73 Å². The Labute approximate surface area is 120 Å². The van der Waals surface area contributed by atoms with Crippen LogP contribution in [0.15, 0.2) is 36.5 Å². The van der Waals surface area contributed by atoms with Gasteiger partial charge in [-0.2, -0.15) is 0 Å². The molecule has 1 aromatic heterocycles. The van der Waals surface area contributed by atoms with Gasteiger partial charge in [0, 0.05) is 24.2 Å². The van der Waals surface area contributed by atoms with Crippen molar-refractivity contribution in [1.82, 2.24) is 4.98 Å². The average molecular weight is 270 g/mol. The zero-order chi connectivity index (χ0) is 13.8. The van der Waals surface area contributed by atoms with Crippen LogP contribution in [0.3, 0.4) is 0 Å². The average Bonchev–Trinajstić information content (AvgIpc) is 3.00. The maximum atomic E-state index is 6.37. The molecule has 0 spiro atoms. The topological polar surface area (TPSA) is 48.1 Å². The molecule has 3 nitrogen and oxygen atoms in total. The van der Waals surface area contributed by atoms with E-state index in [9.17, 15) is 0 Å². The number of rotatable bonds is 5. The largest absolute Gasteiger partial charge is 0.378 e. The molecular weight excluding hydrogens is 248 g/mol. The van der Waals surface area contributed by atoms with E-state index in [1.807, 2.05) is 12.3 Å². The van der Waals surface area contributed by atoms with E-state index in [0.717, 1.165) is 36.9 Å². The first-order valence-corrected chi connectivity index (χ1v) is 7.55. The molecule has 3 heteroatoms. The number of aromatic nitrogens is 1. The van der Waals surface area contributed by atoms with Crippen LogP contribution in [-0.4, -0.2) is 17.7 Å². The van der Waals surface area contributed by atoms with Crippen molar-refractivity contribution in [3.05, 3.63) is 42.1 Å². The first-order valence-electron chi connectivity index (χ1n) is 7.55. The normalized spacial score (nSPS) is 20.4. The molecule has 2 N–H and O–H groups in total. The van der Waals surface area contributed by atoms with E-state index in [2.05, 4.69) is 29.2 Å². The molecule has 0 radical (unpaired) electrons. The summed E-state index contributed by atoms with van der Waals surface area (Å²) in [6.07, 6.45) is 7.98. The van der Waals surface area contributed by atoms with Crippen LogP contribution in [0.25, 0.3) is 10.9 Å². The lowest BCUT2D eigenvalue weighted by molar-refractivity contribution is 0.101. The van der Waals surface area contributed by atoms with Crippen LogP contribution in [0.1, 0.15) is 43.7 Å². The van der Waals surface area contributed by atoms with Gasteiger partial charge in [-0.25, -0.2) is 0 Å². The maximum absolute atomic E-state index is 6.37. The highest BCUT2D eigenvalue weighted by Crippen LogP contribution is 2.25. The lowest BCUT2D eigenvalue weighted by Crippen LogP contribution is -2.13. The van der Waals surface area contributed by atoms with E-state index in [-0.39, 0.29) is 6.04 Å². The molecule has 1 aliphatic rings. The third-order valence-corrected chi connectivity index (χ3v) is 4.13. The van der Waals surface area contributed by atoms with Gasteiger partial charge in [0.2, 0.25) is 0 Å². The molecule has 1 aliphatic heterocycles. The number of pyridine rings is 1. The molecule has 0 saturated carbocycles. The van der Waals surface area contributed by atoms with Crippen LogP contribution in [0.5, 0.6) is 0 Å². The zero-order valence-corrected chi connectivity index (χ0v) is 11.8. The summed E-state index contributed by atoms with van der Waals surface area (Å²) >= 11 is 0. The molecule has 1 saturated heterocycles. The van der Waals surface area contributed by atoms with Crippen LogP contribution >= 0.6 is 0 Å². The van der Waals surface area contributed by atoms with E-state index in [4.69, 9.17) is 10.5 Å². The quantitative estimate of drug-likeness (QED) is 0.903. The number of nitrogens with two attached hydrogens (primary N) is 1. The Morgan fingerprint density at radius 1 is 1.30 bits per heavy atom. The zero-order valence-electron chi connectivity index (χ0n) is 11.8. The van der Waals surface area contributed by atoms with Crippen LogP contribution in [0.2, 0.25) is 0 Å². The van der Waals surface area contributed by atoms with E-state index in [0.29, 0.717) is 6.10 Å². The fourth-order valence-electron chi connectivity index (χ4n) is 3.02. The summed E-state index contributed by atoms with van der Waals surface area (Å²) in [6, 6.07) is 10.4. The number of hydrogen-bond donors (Lipinski definition) is 1. The third-order valence-electron chi connectivity index (χ3n) is 4.13. The predicted octanol–water partition coefficient (Wildman–Crippen LogP) is 3.58. The number of nitrogens with zero attached hydrogens (tertiary/aromatic N) is 1. The summed E-state index contributed by atoms with van der Waals surface area (Å²) in [4.78, 5) is 4.48. The third kappa shape index (κ3) is 3.00. The van der Waals surface area contributed by atoms with Gasteiger partial charge in [0.05, 0.1) is 11.6 Å². The summed E-state index contributed by atoms with van der Waals surface area (Å²) < 4.78 is 5.66. The smallest absolute Gasteiger partial charge is 0.0749 e. The lowest BCUT2D eigenvalue weighted by atomic mass is 9.98. The monoisotopic (exact) mass is 270 g/mol. The molecule has 2 aromatic rings. The standard InChI is InChI=1S/C17H22N2O/c18-16(10-2-7-14-8-4-12-20-14)15-9-1-5-13-6-3-11-19-17(13)15/h1,3,5-6,9,11,14,16H,2,4,7-8,10,12,18H2. The van der Waals surface area contributed by atoms with Crippen LogP contribution in [0.4, 0.5) is 0 Å². The molecule has 2 heterocycles. The molecule has 1 aromatic carbocycles. The van der Waals surface area contributed by atoms with Crippen molar-refractivity contribution in [3.63, 3.8) is 0 Å². The van der Waals surface area contributed by atoms with Crippen molar-refractivity contribution >= 4 is 10.9 Å². The summed E-state index contributed by atoms with van der Waals surface area (Å²) in [5, 5.41) is 1.17. The van der Waals surface area contributed by atoms with Gasteiger partial charge in [-0.05, 0) is 43.7 Å². The fraction of sp³-hybridized carbons (Fsp3) is 0.471. The molecule has 106 valence electrons. The van der Waals surface area contributed by atoms with Gasteiger partial charge in [-0.1, -0.05) is 24.3 Å². The highest BCUT2D eigenvalue weighted by atomic mass is 16.5. The fourth-order valence-corrected chi connectivity index (χ4v) is 3.02. The minimum Gasteiger partial charge on any atom is -0.378 e. The Morgan fingerprint density at radius 3 is 3.05 bits per heavy atom. The van der Waals surface area contributed by atoms with Crippen LogP contribution in [0, 0.1) is 0 Å². The number of para-hydroxylation sites is 1. The Bertz CT molecular complexity index is 558. The van der Waals surface area contributed by atoms with Gasteiger partial charge in [-0.15, -0.1) is 0 Å². The molecule has 0 bridgehead atoms.